The van der Waals surface area contributed by atoms with Gasteiger partial charge in [0.1, 0.15) is 11.5 Å². The predicted molar refractivity (Wildman–Crippen MR) is 119 cm³/mol. The molecule has 0 amide bonds. The van der Waals surface area contributed by atoms with Crippen LogP contribution in [0.15, 0.2) is 58.3 Å². The molecule has 0 saturated carbocycles. The molecule has 1 aliphatic heterocycles. The van der Waals surface area contributed by atoms with Gasteiger partial charge in [-0.05, 0) is 61.4 Å². The van der Waals surface area contributed by atoms with Gasteiger partial charge in [-0.25, -0.2) is 21.6 Å². The smallest absolute Gasteiger partial charge is 0.340 e. The molecule has 1 heterocycles. The summed E-state index contributed by atoms with van der Waals surface area (Å²) in [6.45, 7) is -0.106. The minimum atomic E-state index is -4.25. The first-order valence-electron chi connectivity index (χ1n) is 10.1. The van der Waals surface area contributed by atoms with E-state index in [0.29, 0.717) is 24.3 Å². The van der Waals surface area contributed by atoms with Crippen LogP contribution in [0.25, 0.3) is 0 Å². The molecule has 0 radical (unpaired) electrons. The lowest BCUT2D eigenvalue weighted by Gasteiger charge is -2.33. The monoisotopic (exact) mass is 498 g/mol. The third-order valence-electron chi connectivity index (χ3n) is 5.30. The van der Waals surface area contributed by atoms with Crippen LogP contribution in [-0.4, -0.2) is 72.0 Å². The van der Waals surface area contributed by atoms with E-state index in [1.54, 1.807) is 0 Å². The van der Waals surface area contributed by atoms with Gasteiger partial charge in [0.15, 0.2) is 6.17 Å². The van der Waals surface area contributed by atoms with Crippen LogP contribution in [0.4, 0.5) is 0 Å². The number of carbonyl (C=O) groups excluding carboxylic acids is 1. The van der Waals surface area contributed by atoms with Crippen LogP contribution in [0.5, 0.6) is 11.5 Å². The molecule has 33 heavy (non-hydrogen) atoms. The number of nitrogens with zero attached hydrogens (tertiary/aromatic N) is 2. The van der Waals surface area contributed by atoms with Gasteiger partial charge in [-0.15, -0.1) is 0 Å². The van der Waals surface area contributed by atoms with Crippen molar-refractivity contribution in [2.75, 3.05) is 34.4 Å². The van der Waals surface area contributed by atoms with Crippen molar-refractivity contribution in [1.82, 2.24) is 8.61 Å². The fourth-order valence-electron chi connectivity index (χ4n) is 3.53. The van der Waals surface area contributed by atoms with Crippen LogP contribution < -0.4 is 9.47 Å². The van der Waals surface area contributed by atoms with E-state index < -0.39 is 32.2 Å². The molecule has 1 saturated heterocycles. The average Bonchev–Trinajstić information content (AvgIpc) is 3.08. The number of rotatable bonds is 7. The molecular weight excluding hydrogens is 472 g/mol. The highest BCUT2D eigenvalue weighted by Crippen LogP contribution is 2.30. The molecule has 12 heteroatoms. The zero-order chi connectivity index (χ0) is 24.2. The Kier molecular flexibility index (Phi) is 7.62. The summed E-state index contributed by atoms with van der Waals surface area (Å²) in [7, 11) is -4.51. The van der Waals surface area contributed by atoms with Gasteiger partial charge >= 0.3 is 5.97 Å². The highest BCUT2D eigenvalue weighted by Gasteiger charge is 2.46. The van der Waals surface area contributed by atoms with Gasteiger partial charge < -0.3 is 14.2 Å². The Bertz CT molecular complexity index is 1090. The van der Waals surface area contributed by atoms with Gasteiger partial charge in [0, 0.05) is 13.1 Å². The third kappa shape index (κ3) is 4.98. The predicted octanol–water partition coefficient (Wildman–Crippen LogP) is 1.68. The maximum Gasteiger partial charge on any atom is 0.340 e. The summed E-state index contributed by atoms with van der Waals surface area (Å²) < 4.78 is 70.8. The zero-order valence-electron chi connectivity index (χ0n) is 18.5. The standard InChI is InChI=1S/C21H26N2O8S2/c1-29-16-6-10-18(11-7-16)32(25,26)22-14-4-5-15-23(20(22)21(24)31-3)33(27,28)19-12-8-17(30-2)9-13-19/h6-13,20H,4-5,14-15H2,1-3H3. The maximum atomic E-state index is 13.5. The maximum absolute atomic E-state index is 13.5. The number of esters is 1. The van der Waals surface area contributed by atoms with Crippen LogP contribution >= 0.6 is 0 Å². The normalized spacial score (nSPS) is 16.7. The first kappa shape index (κ1) is 25.0. The highest BCUT2D eigenvalue weighted by atomic mass is 32.2. The second kappa shape index (κ2) is 10.1. The Hall–Kier alpha value is -2.67. The third-order valence-corrected chi connectivity index (χ3v) is 9.03. The molecule has 0 unspecified atom stereocenters. The molecule has 10 nitrogen and oxygen atoms in total. The Morgan fingerprint density at radius 3 is 1.39 bits per heavy atom. The molecule has 0 bridgehead atoms. The van der Waals surface area contributed by atoms with Crippen LogP contribution in [0.1, 0.15) is 12.8 Å². The minimum Gasteiger partial charge on any atom is -0.497 e. The summed E-state index contributed by atoms with van der Waals surface area (Å²) in [6, 6.07) is 11.3. The minimum absolute atomic E-state index is 0.0528. The van der Waals surface area contributed by atoms with Gasteiger partial charge in [0.25, 0.3) is 0 Å². The lowest BCUT2D eigenvalue weighted by atomic mass is 10.3. The zero-order valence-corrected chi connectivity index (χ0v) is 20.1. The van der Waals surface area contributed by atoms with E-state index in [4.69, 9.17) is 14.2 Å². The largest absolute Gasteiger partial charge is 0.497 e. The van der Waals surface area contributed by atoms with Crippen molar-refractivity contribution in [2.24, 2.45) is 0 Å². The van der Waals surface area contributed by atoms with Crippen molar-refractivity contribution in [2.45, 2.75) is 28.8 Å². The van der Waals surface area contributed by atoms with Gasteiger partial charge in [-0.1, -0.05) is 0 Å². The van der Waals surface area contributed by atoms with Crippen LogP contribution in [0.3, 0.4) is 0 Å². The summed E-state index contributed by atoms with van der Waals surface area (Å²) >= 11 is 0. The molecule has 0 spiro atoms. The summed E-state index contributed by atoms with van der Waals surface area (Å²) in [6.07, 6.45) is -0.980. The Morgan fingerprint density at radius 1 is 0.727 bits per heavy atom. The van der Waals surface area contributed by atoms with Crippen molar-refractivity contribution in [1.29, 1.82) is 0 Å². The quantitative estimate of drug-likeness (QED) is 0.529. The fraction of sp³-hybridized carbons (Fsp3) is 0.381. The van der Waals surface area contributed by atoms with E-state index in [-0.39, 0.29) is 22.9 Å². The average molecular weight is 499 g/mol. The molecule has 1 aliphatic rings. The molecule has 2 aromatic rings. The summed E-state index contributed by atoms with van der Waals surface area (Å²) in [4.78, 5) is 12.6. The fourth-order valence-corrected chi connectivity index (χ4v) is 6.76. The molecule has 1 fully saturated rings. The van der Waals surface area contributed by atoms with Crippen molar-refractivity contribution in [3.8, 4) is 11.5 Å². The molecule has 0 aromatic heterocycles. The van der Waals surface area contributed by atoms with Gasteiger partial charge in [0.05, 0.1) is 31.1 Å². The van der Waals surface area contributed by atoms with Crippen molar-refractivity contribution in [3.05, 3.63) is 48.5 Å². The van der Waals surface area contributed by atoms with E-state index in [0.717, 1.165) is 15.7 Å². The van der Waals surface area contributed by atoms with E-state index in [2.05, 4.69) is 0 Å². The summed E-state index contributed by atoms with van der Waals surface area (Å²) in [5, 5.41) is 0. The van der Waals surface area contributed by atoms with E-state index in [1.165, 1.54) is 62.8 Å². The lowest BCUT2D eigenvalue weighted by Crippen LogP contribution is -2.56. The van der Waals surface area contributed by atoms with Gasteiger partial charge in [-0.3, -0.25) is 0 Å². The molecule has 0 aliphatic carbocycles. The Labute approximate surface area is 193 Å². The first-order valence-corrected chi connectivity index (χ1v) is 12.9. The number of methoxy groups -OCH3 is 3. The van der Waals surface area contributed by atoms with E-state index in [9.17, 15) is 21.6 Å². The number of ether oxygens (including phenoxy) is 3. The van der Waals surface area contributed by atoms with Crippen LogP contribution in [-0.2, 0) is 29.6 Å². The molecule has 180 valence electrons. The number of sulfonamides is 2. The van der Waals surface area contributed by atoms with E-state index in [1.807, 2.05) is 0 Å². The SMILES string of the molecule is COC(=O)C1N(S(=O)(=O)c2ccc(OC)cc2)CCCCN1S(=O)(=O)c1ccc(OC)cc1. The Balaban J connectivity index is 2.09. The molecule has 3 rings (SSSR count). The second-order valence-electron chi connectivity index (χ2n) is 7.19. The summed E-state index contributed by atoms with van der Waals surface area (Å²) in [5.74, 6) is -0.0813. The van der Waals surface area contributed by atoms with Crippen molar-refractivity contribution in [3.63, 3.8) is 0 Å². The Morgan fingerprint density at radius 2 is 1.09 bits per heavy atom. The van der Waals surface area contributed by atoms with E-state index >= 15 is 0 Å². The molecular formula is C21H26N2O8S2. The lowest BCUT2D eigenvalue weighted by molar-refractivity contribution is -0.148. The van der Waals surface area contributed by atoms with Crippen LogP contribution in [0, 0.1) is 0 Å². The van der Waals surface area contributed by atoms with Crippen LogP contribution in [0.2, 0.25) is 0 Å². The van der Waals surface area contributed by atoms with Crippen molar-refractivity contribution < 1.29 is 35.8 Å². The van der Waals surface area contributed by atoms with Crippen molar-refractivity contribution >= 4 is 26.0 Å². The number of carbonyl (C=O) groups is 1. The number of benzene rings is 2. The molecule has 0 N–H and O–H groups in total. The molecule has 0 atom stereocenters. The molecule has 2 aromatic carbocycles. The number of hydrogen-bond donors (Lipinski definition) is 0. The topological polar surface area (TPSA) is 120 Å². The van der Waals surface area contributed by atoms with Gasteiger partial charge in [-0.2, -0.15) is 8.61 Å². The second-order valence-corrected chi connectivity index (χ2v) is 11.0. The number of hydrogen-bond acceptors (Lipinski definition) is 8. The highest BCUT2D eigenvalue weighted by molar-refractivity contribution is 7.90. The summed E-state index contributed by atoms with van der Waals surface area (Å²) in [5.41, 5.74) is 0. The first-order chi connectivity index (χ1) is 15.7. The van der Waals surface area contributed by atoms with Gasteiger partial charge in [0.2, 0.25) is 20.0 Å².